The number of hydrogen-bond donors (Lipinski definition) is 3. The predicted octanol–water partition coefficient (Wildman–Crippen LogP) is 3.32. The molecular formula is C17H19FN2O2. The SMILES string of the molecule is CC(C)Nc1ccc(F)cc1NC(=O)C(O)c1ccccc1. The molecule has 0 fully saturated rings. The minimum atomic E-state index is -1.31. The summed E-state index contributed by atoms with van der Waals surface area (Å²) in [6.07, 6.45) is -1.31. The van der Waals surface area contributed by atoms with Gasteiger partial charge in [0.05, 0.1) is 11.4 Å². The molecule has 0 saturated carbocycles. The second kappa shape index (κ2) is 7.04. The molecule has 22 heavy (non-hydrogen) atoms. The van der Waals surface area contributed by atoms with Gasteiger partial charge in [0.1, 0.15) is 5.82 Å². The number of carbonyl (C=O) groups excluding carboxylic acids is 1. The molecule has 0 heterocycles. The van der Waals surface area contributed by atoms with E-state index in [9.17, 15) is 14.3 Å². The first kappa shape index (κ1) is 16.0. The molecule has 2 rings (SSSR count). The number of carbonyl (C=O) groups is 1. The molecule has 0 saturated heterocycles. The summed E-state index contributed by atoms with van der Waals surface area (Å²) in [5.74, 6) is -1.07. The highest BCUT2D eigenvalue weighted by molar-refractivity contribution is 5.97. The standard InChI is InChI=1S/C17H19FN2O2/c1-11(2)19-14-9-8-13(18)10-15(14)20-17(22)16(21)12-6-4-3-5-7-12/h3-11,16,19,21H,1-2H3,(H,20,22). The third-order valence-electron chi connectivity index (χ3n) is 3.05. The normalized spacial score (nSPS) is 12.0. The van der Waals surface area contributed by atoms with Crippen molar-refractivity contribution in [3.05, 3.63) is 59.9 Å². The van der Waals surface area contributed by atoms with Crippen LogP contribution < -0.4 is 10.6 Å². The van der Waals surface area contributed by atoms with Gasteiger partial charge in [0.25, 0.3) is 5.91 Å². The second-order valence-corrected chi connectivity index (χ2v) is 5.29. The molecular weight excluding hydrogens is 283 g/mol. The Balaban J connectivity index is 2.19. The Morgan fingerprint density at radius 1 is 1.09 bits per heavy atom. The number of nitrogens with one attached hydrogen (secondary N) is 2. The van der Waals surface area contributed by atoms with Crippen molar-refractivity contribution in [3.8, 4) is 0 Å². The van der Waals surface area contributed by atoms with Gasteiger partial charge in [0.15, 0.2) is 6.10 Å². The average Bonchev–Trinajstić information content (AvgIpc) is 2.49. The zero-order valence-corrected chi connectivity index (χ0v) is 12.5. The molecule has 0 aliphatic rings. The Hall–Kier alpha value is -2.40. The molecule has 0 aliphatic carbocycles. The summed E-state index contributed by atoms with van der Waals surface area (Å²) in [6.45, 7) is 3.88. The zero-order valence-electron chi connectivity index (χ0n) is 12.5. The summed E-state index contributed by atoms with van der Waals surface area (Å²) in [5.41, 5.74) is 1.38. The van der Waals surface area contributed by atoms with Crippen LogP contribution in [-0.4, -0.2) is 17.1 Å². The first-order chi connectivity index (χ1) is 10.5. The topological polar surface area (TPSA) is 61.4 Å². The monoisotopic (exact) mass is 302 g/mol. The van der Waals surface area contributed by atoms with E-state index in [2.05, 4.69) is 10.6 Å². The first-order valence-corrected chi connectivity index (χ1v) is 7.07. The molecule has 0 spiro atoms. The minimum absolute atomic E-state index is 0.125. The van der Waals surface area contributed by atoms with Gasteiger partial charge in [0.2, 0.25) is 0 Å². The molecule has 1 atom stereocenters. The van der Waals surface area contributed by atoms with Gasteiger partial charge in [0, 0.05) is 6.04 Å². The highest BCUT2D eigenvalue weighted by Crippen LogP contribution is 2.25. The summed E-state index contributed by atoms with van der Waals surface area (Å²) < 4.78 is 13.4. The fraction of sp³-hybridized carbons (Fsp3) is 0.235. The smallest absolute Gasteiger partial charge is 0.257 e. The molecule has 2 aromatic carbocycles. The highest BCUT2D eigenvalue weighted by atomic mass is 19.1. The van der Waals surface area contributed by atoms with Crippen LogP contribution in [0.15, 0.2) is 48.5 Å². The Kier molecular flexibility index (Phi) is 5.12. The molecule has 0 bridgehead atoms. The largest absolute Gasteiger partial charge is 0.381 e. The number of halogens is 1. The maximum absolute atomic E-state index is 13.4. The van der Waals surface area contributed by atoms with Crippen LogP contribution in [0, 0.1) is 5.82 Å². The quantitative estimate of drug-likeness (QED) is 0.794. The lowest BCUT2D eigenvalue weighted by atomic mass is 10.1. The second-order valence-electron chi connectivity index (χ2n) is 5.29. The van der Waals surface area contributed by atoms with E-state index in [1.807, 2.05) is 13.8 Å². The van der Waals surface area contributed by atoms with Crippen molar-refractivity contribution in [2.24, 2.45) is 0 Å². The number of hydrogen-bond acceptors (Lipinski definition) is 3. The van der Waals surface area contributed by atoms with Gasteiger partial charge in [-0.2, -0.15) is 0 Å². The lowest BCUT2D eigenvalue weighted by molar-refractivity contribution is -0.124. The van der Waals surface area contributed by atoms with Crippen LogP contribution in [0.25, 0.3) is 0 Å². The van der Waals surface area contributed by atoms with Crippen molar-refractivity contribution in [2.45, 2.75) is 26.0 Å². The van der Waals surface area contributed by atoms with Crippen molar-refractivity contribution in [1.82, 2.24) is 0 Å². The Bertz CT molecular complexity index is 644. The number of aliphatic hydroxyl groups excluding tert-OH is 1. The Labute approximate surface area is 129 Å². The van der Waals surface area contributed by atoms with Crippen molar-refractivity contribution in [2.75, 3.05) is 10.6 Å². The van der Waals surface area contributed by atoms with E-state index < -0.39 is 17.8 Å². The molecule has 116 valence electrons. The van der Waals surface area contributed by atoms with Crippen LogP contribution in [0.5, 0.6) is 0 Å². The van der Waals surface area contributed by atoms with E-state index in [0.717, 1.165) is 0 Å². The van der Waals surface area contributed by atoms with E-state index >= 15 is 0 Å². The van der Waals surface area contributed by atoms with Gasteiger partial charge in [-0.25, -0.2) is 4.39 Å². The van der Waals surface area contributed by atoms with Crippen molar-refractivity contribution >= 4 is 17.3 Å². The fourth-order valence-electron chi connectivity index (χ4n) is 2.04. The average molecular weight is 302 g/mol. The van der Waals surface area contributed by atoms with Gasteiger partial charge in [-0.15, -0.1) is 0 Å². The lowest BCUT2D eigenvalue weighted by Crippen LogP contribution is -2.22. The number of amides is 1. The van der Waals surface area contributed by atoms with E-state index in [1.54, 1.807) is 36.4 Å². The third kappa shape index (κ3) is 4.05. The van der Waals surface area contributed by atoms with E-state index in [0.29, 0.717) is 16.9 Å². The van der Waals surface area contributed by atoms with Gasteiger partial charge in [-0.1, -0.05) is 30.3 Å². The van der Waals surface area contributed by atoms with Gasteiger partial charge in [-0.05, 0) is 37.6 Å². The van der Waals surface area contributed by atoms with Crippen LogP contribution in [0.4, 0.5) is 15.8 Å². The van der Waals surface area contributed by atoms with Crippen LogP contribution in [-0.2, 0) is 4.79 Å². The molecule has 0 aliphatic heterocycles. The minimum Gasteiger partial charge on any atom is -0.381 e. The maximum atomic E-state index is 13.4. The van der Waals surface area contributed by atoms with Gasteiger partial charge >= 0.3 is 0 Å². The number of anilines is 2. The number of aliphatic hydroxyl groups is 1. The van der Waals surface area contributed by atoms with Crippen LogP contribution in [0.1, 0.15) is 25.5 Å². The molecule has 5 heteroatoms. The summed E-state index contributed by atoms with van der Waals surface area (Å²) >= 11 is 0. The van der Waals surface area contributed by atoms with Crippen LogP contribution in [0.3, 0.4) is 0 Å². The summed E-state index contributed by atoms with van der Waals surface area (Å²) in [5, 5.41) is 15.8. The number of rotatable bonds is 5. The lowest BCUT2D eigenvalue weighted by Gasteiger charge is -2.17. The zero-order chi connectivity index (χ0) is 16.1. The Morgan fingerprint density at radius 2 is 1.77 bits per heavy atom. The predicted molar refractivity (Wildman–Crippen MR) is 85.2 cm³/mol. The summed E-state index contributed by atoms with van der Waals surface area (Å²) in [7, 11) is 0. The molecule has 4 nitrogen and oxygen atoms in total. The maximum Gasteiger partial charge on any atom is 0.257 e. The molecule has 0 aromatic heterocycles. The molecule has 2 aromatic rings. The molecule has 0 radical (unpaired) electrons. The van der Waals surface area contributed by atoms with Crippen molar-refractivity contribution in [3.63, 3.8) is 0 Å². The van der Waals surface area contributed by atoms with Crippen LogP contribution >= 0.6 is 0 Å². The van der Waals surface area contributed by atoms with Crippen LogP contribution in [0.2, 0.25) is 0 Å². The third-order valence-corrected chi connectivity index (χ3v) is 3.05. The van der Waals surface area contributed by atoms with Gasteiger partial charge in [-0.3, -0.25) is 4.79 Å². The first-order valence-electron chi connectivity index (χ1n) is 7.07. The highest BCUT2D eigenvalue weighted by Gasteiger charge is 2.18. The van der Waals surface area contributed by atoms with E-state index in [-0.39, 0.29) is 6.04 Å². The van der Waals surface area contributed by atoms with E-state index in [1.165, 1.54) is 12.1 Å². The number of benzene rings is 2. The molecule has 1 unspecified atom stereocenters. The summed E-state index contributed by atoms with van der Waals surface area (Å²) in [6, 6.07) is 12.8. The van der Waals surface area contributed by atoms with E-state index in [4.69, 9.17) is 0 Å². The summed E-state index contributed by atoms with van der Waals surface area (Å²) in [4.78, 5) is 12.2. The van der Waals surface area contributed by atoms with Gasteiger partial charge < -0.3 is 15.7 Å². The fourth-order valence-corrected chi connectivity index (χ4v) is 2.04. The Morgan fingerprint density at radius 3 is 2.41 bits per heavy atom. The molecule has 1 amide bonds. The molecule has 3 N–H and O–H groups in total. The van der Waals surface area contributed by atoms with Crippen molar-refractivity contribution in [1.29, 1.82) is 0 Å². The van der Waals surface area contributed by atoms with Crippen molar-refractivity contribution < 1.29 is 14.3 Å².